The van der Waals surface area contributed by atoms with Crippen molar-refractivity contribution in [1.29, 1.82) is 0 Å². The molecule has 0 amide bonds. The van der Waals surface area contributed by atoms with Crippen molar-refractivity contribution in [2.45, 2.75) is 0 Å². The van der Waals surface area contributed by atoms with E-state index in [1.807, 2.05) is 0 Å². The first kappa shape index (κ1) is 13.7. The standard InChI is InChI=1S/C3H5O6P.Na/c1-2(3(4)5)9-10(6,7)8;/h1H2,(H,4,5)(H2,6,7,8);/q;+1/p-1. The van der Waals surface area contributed by atoms with Crippen molar-refractivity contribution >= 4 is 13.8 Å². The quantitative estimate of drug-likeness (QED) is 0.203. The van der Waals surface area contributed by atoms with Crippen LogP contribution in [0.5, 0.6) is 0 Å². The fraction of sp³-hybridized carbons (Fsp3) is 0. The minimum absolute atomic E-state index is 0. The maximum atomic E-state index is 9.78. The van der Waals surface area contributed by atoms with Crippen molar-refractivity contribution < 1.29 is 58.3 Å². The van der Waals surface area contributed by atoms with Crippen molar-refractivity contribution in [3.63, 3.8) is 0 Å². The first-order valence-corrected chi connectivity index (χ1v) is 3.48. The molecule has 0 aromatic carbocycles. The monoisotopic (exact) mass is 190 g/mol. The molecule has 58 valence electrons. The Hall–Kier alpha value is 0.160. The smallest absolute Gasteiger partial charge is 0.746 e. The van der Waals surface area contributed by atoms with Gasteiger partial charge in [0.25, 0.3) is 0 Å². The molecule has 0 fully saturated rings. The zero-order valence-corrected chi connectivity index (χ0v) is 8.58. The van der Waals surface area contributed by atoms with Crippen LogP contribution in [-0.4, -0.2) is 16.0 Å². The van der Waals surface area contributed by atoms with Crippen molar-refractivity contribution in [3.8, 4) is 0 Å². The first-order chi connectivity index (χ1) is 4.33. The van der Waals surface area contributed by atoms with Crippen LogP contribution in [0.2, 0.25) is 0 Å². The van der Waals surface area contributed by atoms with E-state index in [0.29, 0.717) is 0 Å². The van der Waals surface area contributed by atoms with Crippen LogP contribution in [0.1, 0.15) is 0 Å². The zero-order valence-electron chi connectivity index (χ0n) is 5.68. The summed E-state index contributed by atoms with van der Waals surface area (Å²) in [5.41, 5.74) is 0. The van der Waals surface area contributed by atoms with Crippen LogP contribution >= 0.6 is 7.82 Å². The van der Waals surface area contributed by atoms with Gasteiger partial charge in [-0.25, -0.2) is 4.79 Å². The second-order valence-corrected chi connectivity index (χ2v) is 2.41. The molecule has 0 heterocycles. The molecular formula is C3H4NaO6P. The maximum absolute atomic E-state index is 9.78. The summed E-state index contributed by atoms with van der Waals surface area (Å²) in [7, 11) is -5.01. The van der Waals surface area contributed by atoms with Gasteiger partial charge in [-0.1, -0.05) is 0 Å². The van der Waals surface area contributed by atoms with E-state index in [4.69, 9.17) is 10.00 Å². The summed E-state index contributed by atoms with van der Waals surface area (Å²) in [6.07, 6.45) is 0. The van der Waals surface area contributed by atoms with Gasteiger partial charge in [0.05, 0.1) is 0 Å². The SMILES string of the molecule is C=C(OP(=O)([O-])O)C(=O)O.[Na+]. The fourth-order valence-electron chi connectivity index (χ4n) is 0.178. The number of hydrogen-bond donors (Lipinski definition) is 2. The van der Waals surface area contributed by atoms with Crippen molar-refractivity contribution in [2.75, 3.05) is 0 Å². The molecular weight excluding hydrogens is 186 g/mol. The Labute approximate surface area is 84.4 Å². The van der Waals surface area contributed by atoms with Gasteiger partial charge in [0.1, 0.15) is 0 Å². The van der Waals surface area contributed by atoms with Crippen LogP contribution in [0.4, 0.5) is 0 Å². The molecule has 0 aliphatic carbocycles. The predicted molar refractivity (Wildman–Crippen MR) is 27.7 cm³/mol. The van der Waals surface area contributed by atoms with Crippen LogP contribution < -0.4 is 34.5 Å². The molecule has 11 heavy (non-hydrogen) atoms. The third-order valence-corrected chi connectivity index (χ3v) is 0.915. The zero-order chi connectivity index (χ0) is 8.36. The molecule has 0 saturated heterocycles. The average molecular weight is 190 g/mol. The minimum atomic E-state index is -5.01. The fourth-order valence-corrected chi connectivity index (χ4v) is 0.535. The predicted octanol–water partition coefficient (Wildman–Crippen LogP) is -3.93. The van der Waals surface area contributed by atoms with Gasteiger partial charge in [-0.2, -0.15) is 0 Å². The Morgan fingerprint density at radius 3 is 2.09 bits per heavy atom. The average Bonchev–Trinajstić information content (AvgIpc) is 1.60. The molecule has 0 aliphatic rings. The van der Waals surface area contributed by atoms with Gasteiger partial charge in [0.15, 0.2) is 0 Å². The van der Waals surface area contributed by atoms with E-state index < -0.39 is 19.6 Å². The number of phosphoric ester groups is 1. The number of hydrogen-bond acceptors (Lipinski definition) is 4. The van der Waals surface area contributed by atoms with Gasteiger partial charge >= 0.3 is 43.3 Å². The van der Waals surface area contributed by atoms with Crippen LogP contribution in [0, 0.1) is 0 Å². The van der Waals surface area contributed by atoms with Crippen molar-refractivity contribution in [3.05, 3.63) is 12.3 Å². The molecule has 0 aliphatic heterocycles. The van der Waals surface area contributed by atoms with E-state index in [1.54, 1.807) is 0 Å². The number of carboxylic acids is 1. The third-order valence-electron chi connectivity index (χ3n) is 0.464. The van der Waals surface area contributed by atoms with Gasteiger partial charge in [-0.3, -0.25) is 4.57 Å². The number of rotatable bonds is 3. The molecule has 0 saturated carbocycles. The van der Waals surface area contributed by atoms with Crippen molar-refractivity contribution in [1.82, 2.24) is 0 Å². The van der Waals surface area contributed by atoms with Gasteiger partial charge in [0, 0.05) is 0 Å². The van der Waals surface area contributed by atoms with Crippen molar-refractivity contribution in [2.24, 2.45) is 0 Å². The Balaban J connectivity index is 0. The van der Waals surface area contributed by atoms with Gasteiger partial charge in [0.2, 0.25) is 5.76 Å². The number of carboxylic acid groups (broad SMARTS) is 1. The summed E-state index contributed by atoms with van der Waals surface area (Å²) < 4.78 is 13.2. The number of carbonyl (C=O) groups is 1. The Morgan fingerprint density at radius 2 is 2.00 bits per heavy atom. The molecule has 0 radical (unpaired) electrons. The van der Waals surface area contributed by atoms with Gasteiger partial charge in [-0.05, 0) is 6.58 Å². The Morgan fingerprint density at radius 1 is 1.64 bits per heavy atom. The normalized spacial score (nSPS) is 14.0. The molecule has 1 unspecified atom stereocenters. The number of aliphatic carboxylic acids is 1. The molecule has 1 atom stereocenters. The summed E-state index contributed by atoms with van der Waals surface area (Å²) in [4.78, 5) is 27.5. The van der Waals surface area contributed by atoms with E-state index in [0.717, 1.165) is 0 Å². The third kappa shape index (κ3) is 8.06. The number of phosphoric acid groups is 1. The second kappa shape index (κ2) is 4.92. The van der Waals surface area contributed by atoms with Gasteiger partial charge < -0.3 is 19.4 Å². The second-order valence-electron chi connectivity index (χ2n) is 1.29. The van der Waals surface area contributed by atoms with Crippen LogP contribution in [0.3, 0.4) is 0 Å². The van der Waals surface area contributed by atoms with Crippen LogP contribution in [0.25, 0.3) is 0 Å². The molecule has 0 rings (SSSR count). The van der Waals surface area contributed by atoms with E-state index >= 15 is 0 Å². The summed E-state index contributed by atoms with van der Waals surface area (Å²) >= 11 is 0. The summed E-state index contributed by atoms with van der Waals surface area (Å²) in [5, 5.41) is 7.95. The summed E-state index contributed by atoms with van der Waals surface area (Å²) in [5.74, 6) is -2.69. The van der Waals surface area contributed by atoms with Crippen LogP contribution in [-0.2, 0) is 13.9 Å². The van der Waals surface area contributed by atoms with E-state index in [9.17, 15) is 14.3 Å². The minimum Gasteiger partial charge on any atom is -0.746 e. The maximum Gasteiger partial charge on any atom is 1.00 e. The molecule has 0 bridgehead atoms. The topological polar surface area (TPSA) is 107 Å². The van der Waals surface area contributed by atoms with E-state index in [2.05, 4.69) is 11.1 Å². The molecule has 2 N–H and O–H groups in total. The first-order valence-electron chi connectivity index (χ1n) is 1.98. The molecule has 0 aromatic heterocycles. The van der Waals surface area contributed by atoms with Gasteiger partial charge in [-0.15, -0.1) is 0 Å². The molecule has 0 spiro atoms. The Kier molecular flexibility index (Phi) is 6.14. The summed E-state index contributed by atoms with van der Waals surface area (Å²) in [6, 6.07) is 0. The molecule has 8 heteroatoms. The van der Waals surface area contributed by atoms with E-state index in [1.165, 1.54) is 0 Å². The largest absolute Gasteiger partial charge is 1.00 e. The Bertz CT molecular complexity index is 206. The summed E-state index contributed by atoms with van der Waals surface area (Å²) in [6.45, 7) is 2.69. The van der Waals surface area contributed by atoms with E-state index in [-0.39, 0.29) is 29.6 Å². The van der Waals surface area contributed by atoms with Crippen LogP contribution in [0.15, 0.2) is 12.3 Å². The molecule has 6 nitrogen and oxygen atoms in total. The molecule has 0 aromatic rings.